The largest absolute Gasteiger partial charge is 0.391 e. The Kier molecular flexibility index (Phi) is 8.20. The summed E-state index contributed by atoms with van der Waals surface area (Å²) in [7, 11) is 0. The van der Waals surface area contributed by atoms with Gasteiger partial charge in [-0.1, -0.05) is 33.1 Å². The maximum absolute atomic E-state index is 9.26. The summed E-state index contributed by atoms with van der Waals surface area (Å²) in [5.74, 6) is 0.663. The van der Waals surface area contributed by atoms with Gasteiger partial charge < -0.3 is 9.84 Å². The first-order valence-corrected chi connectivity index (χ1v) is 5.91. The summed E-state index contributed by atoms with van der Waals surface area (Å²) < 4.78 is 5.60. The number of rotatable bonds is 8. The van der Waals surface area contributed by atoms with Crippen molar-refractivity contribution in [2.45, 2.75) is 65.6 Å². The molecule has 0 saturated heterocycles. The Morgan fingerprint density at radius 1 is 1.21 bits per heavy atom. The molecule has 2 unspecified atom stereocenters. The molecule has 0 heterocycles. The average Bonchev–Trinajstić information content (AvgIpc) is 2.17. The third kappa shape index (κ3) is 6.39. The number of hydrogen-bond donors (Lipinski definition) is 1. The van der Waals surface area contributed by atoms with Gasteiger partial charge in [0.05, 0.1) is 12.2 Å². The van der Waals surface area contributed by atoms with Gasteiger partial charge in [0.15, 0.2) is 0 Å². The van der Waals surface area contributed by atoms with Crippen molar-refractivity contribution in [3.63, 3.8) is 0 Å². The van der Waals surface area contributed by atoms with E-state index in [4.69, 9.17) is 4.74 Å². The van der Waals surface area contributed by atoms with Gasteiger partial charge in [-0.15, -0.1) is 0 Å². The summed E-state index contributed by atoms with van der Waals surface area (Å²) in [5, 5.41) is 9.26. The van der Waals surface area contributed by atoms with Crippen LogP contribution in [0.3, 0.4) is 0 Å². The van der Waals surface area contributed by atoms with E-state index in [1.54, 1.807) is 6.92 Å². The van der Waals surface area contributed by atoms with Crippen molar-refractivity contribution in [3.05, 3.63) is 0 Å². The third-order valence-electron chi connectivity index (χ3n) is 2.82. The minimum atomic E-state index is -0.362. The fourth-order valence-corrected chi connectivity index (χ4v) is 1.33. The normalized spacial score (nSPS) is 17.8. The minimum absolute atomic E-state index is 0.0364. The highest BCUT2D eigenvalue weighted by Gasteiger charge is 2.12. The first-order valence-electron chi connectivity index (χ1n) is 5.91. The minimum Gasteiger partial charge on any atom is -0.391 e. The van der Waals surface area contributed by atoms with Gasteiger partial charge in [-0.3, -0.25) is 0 Å². The molecule has 2 heteroatoms. The summed E-state index contributed by atoms with van der Waals surface area (Å²) in [4.78, 5) is 0. The van der Waals surface area contributed by atoms with Gasteiger partial charge in [0.1, 0.15) is 0 Å². The molecule has 0 aliphatic rings. The number of hydrogen-bond acceptors (Lipinski definition) is 2. The maximum Gasteiger partial charge on any atom is 0.0803 e. The summed E-state index contributed by atoms with van der Waals surface area (Å²) >= 11 is 0. The van der Waals surface area contributed by atoms with Crippen LogP contribution in [-0.4, -0.2) is 23.9 Å². The number of unbranched alkanes of at least 4 members (excludes halogenated alkanes) is 1. The lowest BCUT2D eigenvalue weighted by Gasteiger charge is -2.20. The lowest BCUT2D eigenvalue weighted by molar-refractivity contribution is -0.0333. The van der Waals surface area contributed by atoms with Gasteiger partial charge in [-0.25, -0.2) is 0 Å². The van der Waals surface area contributed by atoms with Crippen LogP contribution in [0.15, 0.2) is 0 Å². The van der Waals surface area contributed by atoms with Gasteiger partial charge in [0.25, 0.3) is 0 Å². The number of aliphatic hydroxyl groups is 1. The first-order chi connectivity index (χ1) is 6.61. The van der Waals surface area contributed by atoms with Crippen LogP contribution in [0.25, 0.3) is 0 Å². The Hall–Kier alpha value is -0.0800. The molecule has 0 radical (unpaired) electrons. The molecule has 0 bridgehead atoms. The summed E-state index contributed by atoms with van der Waals surface area (Å²) in [6.07, 6.45) is 4.56. The molecule has 1 N–H and O–H groups in total. The first kappa shape index (κ1) is 13.9. The van der Waals surface area contributed by atoms with E-state index in [9.17, 15) is 5.11 Å². The van der Waals surface area contributed by atoms with Crippen LogP contribution in [0.2, 0.25) is 0 Å². The molecular weight excluding hydrogens is 176 g/mol. The van der Waals surface area contributed by atoms with Crippen molar-refractivity contribution < 1.29 is 9.84 Å². The van der Waals surface area contributed by atoms with Gasteiger partial charge in [0, 0.05) is 6.61 Å². The summed E-state index contributed by atoms with van der Waals surface area (Å²) in [6.45, 7) is 8.92. The molecule has 0 aliphatic carbocycles. The van der Waals surface area contributed by atoms with E-state index < -0.39 is 0 Å². The molecule has 0 aliphatic heterocycles. The standard InChI is InChI=1S/C12H26O2/c1-5-7-8-12(6-2)9-14-11(4)10(3)13/h10-13H,5-9H2,1-4H3/t10-,11?,12?/m0/s1. The molecule has 86 valence electrons. The van der Waals surface area contributed by atoms with Crippen LogP contribution in [0.1, 0.15) is 53.4 Å². The zero-order valence-corrected chi connectivity index (χ0v) is 10.1. The molecule has 0 amide bonds. The lowest BCUT2D eigenvalue weighted by atomic mass is 10.0. The van der Waals surface area contributed by atoms with Crippen LogP contribution in [-0.2, 0) is 4.74 Å². The van der Waals surface area contributed by atoms with E-state index in [-0.39, 0.29) is 12.2 Å². The zero-order chi connectivity index (χ0) is 11.0. The highest BCUT2D eigenvalue weighted by Crippen LogP contribution is 2.14. The zero-order valence-electron chi connectivity index (χ0n) is 10.1. The van der Waals surface area contributed by atoms with Crippen LogP contribution in [0.4, 0.5) is 0 Å². The van der Waals surface area contributed by atoms with Crippen molar-refractivity contribution in [1.29, 1.82) is 0 Å². The highest BCUT2D eigenvalue weighted by molar-refractivity contribution is 4.61. The van der Waals surface area contributed by atoms with E-state index in [2.05, 4.69) is 13.8 Å². The quantitative estimate of drug-likeness (QED) is 0.655. The van der Waals surface area contributed by atoms with E-state index in [0.29, 0.717) is 5.92 Å². The van der Waals surface area contributed by atoms with Crippen LogP contribution < -0.4 is 0 Å². The molecule has 0 saturated carbocycles. The second-order valence-electron chi connectivity index (χ2n) is 4.20. The van der Waals surface area contributed by atoms with Crippen molar-refractivity contribution >= 4 is 0 Å². The molecule has 0 aromatic carbocycles. The predicted octanol–water partition coefficient (Wildman–Crippen LogP) is 2.99. The second kappa shape index (κ2) is 8.25. The molecule has 0 aromatic heterocycles. The van der Waals surface area contributed by atoms with Crippen molar-refractivity contribution in [3.8, 4) is 0 Å². The predicted molar refractivity (Wildman–Crippen MR) is 60.4 cm³/mol. The van der Waals surface area contributed by atoms with Gasteiger partial charge in [-0.05, 0) is 26.2 Å². The Balaban J connectivity index is 3.60. The van der Waals surface area contributed by atoms with E-state index >= 15 is 0 Å². The summed E-state index contributed by atoms with van der Waals surface area (Å²) in [6, 6.07) is 0. The molecular formula is C12H26O2. The monoisotopic (exact) mass is 202 g/mol. The second-order valence-corrected chi connectivity index (χ2v) is 4.20. The molecule has 2 nitrogen and oxygen atoms in total. The molecule has 0 rings (SSSR count). The Bertz CT molecular complexity index is 123. The molecule has 0 spiro atoms. The van der Waals surface area contributed by atoms with Crippen molar-refractivity contribution in [1.82, 2.24) is 0 Å². The van der Waals surface area contributed by atoms with E-state index in [1.165, 1.54) is 25.7 Å². The topological polar surface area (TPSA) is 29.5 Å². The van der Waals surface area contributed by atoms with E-state index in [1.807, 2.05) is 6.92 Å². The van der Waals surface area contributed by atoms with Gasteiger partial charge in [-0.2, -0.15) is 0 Å². The Morgan fingerprint density at radius 3 is 2.29 bits per heavy atom. The SMILES string of the molecule is CCCCC(CC)COC(C)[C@H](C)O. The summed E-state index contributed by atoms with van der Waals surface area (Å²) in [5.41, 5.74) is 0. The van der Waals surface area contributed by atoms with E-state index in [0.717, 1.165) is 6.61 Å². The number of aliphatic hydroxyl groups excluding tert-OH is 1. The molecule has 3 atom stereocenters. The molecule has 0 aromatic rings. The van der Waals surface area contributed by atoms with Crippen molar-refractivity contribution in [2.24, 2.45) is 5.92 Å². The van der Waals surface area contributed by atoms with Crippen LogP contribution >= 0.6 is 0 Å². The fraction of sp³-hybridized carbons (Fsp3) is 1.00. The van der Waals surface area contributed by atoms with Gasteiger partial charge in [0.2, 0.25) is 0 Å². The van der Waals surface area contributed by atoms with Gasteiger partial charge >= 0.3 is 0 Å². The highest BCUT2D eigenvalue weighted by atomic mass is 16.5. The number of ether oxygens (including phenoxy) is 1. The maximum atomic E-state index is 9.26. The fourth-order valence-electron chi connectivity index (χ4n) is 1.33. The Morgan fingerprint density at radius 2 is 1.86 bits per heavy atom. The van der Waals surface area contributed by atoms with Crippen LogP contribution in [0, 0.1) is 5.92 Å². The third-order valence-corrected chi connectivity index (χ3v) is 2.82. The van der Waals surface area contributed by atoms with Crippen molar-refractivity contribution in [2.75, 3.05) is 6.61 Å². The Labute approximate surface area is 88.7 Å². The smallest absolute Gasteiger partial charge is 0.0803 e. The molecule has 14 heavy (non-hydrogen) atoms. The van der Waals surface area contributed by atoms with Crippen LogP contribution in [0.5, 0.6) is 0 Å². The molecule has 0 fully saturated rings. The lowest BCUT2D eigenvalue weighted by Crippen LogP contribution is -2.25. The average molecular weight is 202 g/mol.